The van der Waals surface area contributed by atoms with Crippen LogP contribution in [0.2, 0.25) is 0 Å². The van der Waals surface area contributed by atoms with Crippen LogP contribution in [0.25, 0.3) is 0 Å². The molecule has 3 N–H and O–H groups in total. The SMILES string of the molecule is CC(C)[C@H](NC(=O)C(Cl)(Cl)Cl)/C(F)=C/[C@@H](C)C(=O)Nc1ccc(CO)cc1. The highest BCUT2D eigenvalue weighted by atomic mass is 35.6. The molecule has 0 aromatic heterocycles. The number of carbonyl (C=O) groups is 2. The van der Waals surface area contributed by atoms with E-state index in [0.717, 1.165) is 6.08 Å². The molecular formula is C18H22Cl3FN2O3. The van der Waals surface area contributed by atoms with E-state index in [1.54, 1.807) is 38.1 Å². The van der Waals surface area contributed by atoms with Gasteiger partial charge in [-0.15, -0.1) is 0 Å². The Hall–Kier alpha value is -1.34. The van der Waals surface area contributed by atoms with Crippen molar-refractivity contribution in [3.8, 4) is 0 Å². The first kappa shape index (κ1) is 23.7. The van der Waals surface area contributed by atoms with Gasteiger partial charge < -0.3 is 15.7 Å². The molecule has 150 valence electrons. The quantitative estimate of drug-likeness (QED) is 0.559. The van der Waals surface area contributed by atoms with Gasteiger partial charge in [0.25, 0.3) is 9.70 Å². The minimum atomic E-state index is -2.21. The summed E-state index contributed by atoms with van der Waals surface area (Å²) in [6.07, 6.45) is 1.11. The van der Waals surface area contributed by atoms with Crippen LogP contribution in [0.4, 0.5) is 10.1 Å². The summed E-state index contributed by atoms with van der Waals surface area (Å²) in [4.78, 5) is 24.1. The van der Waals surface area contributed by atoms with Crippen molar-refractivity contribution in [1.82, 2.24) is 5.32 Å². The van der Waals surface area contributed by atoms with Gasteiger partial charge in [0, 0.05) is 5.69 Å². The van der Waals surface area contributed by atoms with Crippen LogP contribution < -0.4 is 10.6 Å². The van der Waals surface area contributed by atoms with Gasteiger partial charge in [-0.25, -0.2) is 4.39 Å². The third-order valence-corrected chi connectivity index (χ3v) is 4.25. The summed E-state index contributed by atoms with van der Waals surface area (Å²) in [5.74, 6) is -3.23. The van der Waals surface area contributed by atoms with E-state index in [0.29, 0.717) is 11.3 Å². The lowest BCUT2D eigenvalue weighted by molar-refractivity contribution is -0.121. The summed E-state index contributed by atoms with van der Waals surface area (Å²) < 4.78 is 12.4. The molecule has 2 amide bonds. The Morgan fingerprint density at radius 2 is 1.74 bits per heavy atom. The van der Waals surface area contributed by atoms with E-state index < -0.39 is 33.4 Å². The molecule has 0 spiro atoms. The standard InChI is InChI=1S/C18H22Cl3FN2O3/c1-10(2)15(24-17(27)18(19,20)21)14(22)8-11(3)16(26)23-13-6-4-12(9-25)5-7-13/h4-8,10-11,15,25H,9H2,1-3H3,(H,23,26)(H,24,27)/b14-8-/t11-,15+/m1/s1. The number of aliphatic hydroxyl groups is 1. The van der Waals surface area contributed by atoms with Crippen molar-refractivity contribution in [2.75, 3.05) is 5.32 Å². The molecule has 0 heterocycles. The van der Waals surface area contributed by atoms with Crippen LogP contribution in [0.5, 0.6) is 0 Å². The van der Waals surface area contributed by atoms with Crippen molar-refractivity contribution in [2.45, 2.75) is 37.2 Å². The topological polar surface area (TPSA) is 78.4 Å². The Balaban J connectivity index is 2.83. The number of amides is 2. The van der Waals surface area contributed by atoms with Crippen molar-refractivity contribution < 1.29 is 19.1 Å². The molecule has 0 bridgehead atoms. The van der Waals surface area contributed by atoms with E-state index in [1.165, 1.54) is 6.92 Å². The van der Waals surface area contributed by atoms with Gasteiger partial charge in [-0.05, 0) is 36.6 Å². The number of hydrogen-bond donors (Lipinski definition) is 3. The monoisotopic (exact) mass is 438 g/mol. The lowest BCUT2D eigenvalue weighted by Crippen LogP contribution is -2.44. The third kappa shape index (κ3) is 7.66. The zero-order chi connectivity index (χ0) is 20.8. The molecule has 5 nitrogen and oxygen atoms in total. The van der Waals surface area contributed by atoms with Crippen molar-refractivity contribution in [2.24, 2.45) is 11.8 Å². The molecule has 0 saturated heterocycles. The summed E-state index contributed by atoms with van der Waals surface area (Å²) >= 11 is 16.5. The highest BCUT2D eigenvalue weighted by Gasteiger charge is 2.34. The number of anilines is 1. The highest BCUT2D eigenvalue weighted by Crippen LogP contribution is 2.27. The molecular weight excluding hydrogens is 418 g/mol. The molecule has 0 fully saturated rings. The zero-order valence-electron chi connectivity index (χ0n) is 15.1. The molecule has 1 rings (SSSR count). The normalized spacial score (nSPS) is 14.6. The van der Waals surface area contributed by atoms with Crippen LogP contribution in [-0.4, -0.2) is 26.8 Å². The number of benzene rings is 1. The van der Waals surface area contributed by atoms with E-state index in [-0.39, 0.29) is 12.5 Å². The van der Waals surface area contributed by atoms with Gasteiger partial charge in [0.05, 0.1) is 18.6 Å². The summed E-state index contributed by atoms with van der Waals surface area (Å²) in [5.41, 5.74) is 1.22. The maximum atomic E-state index is 14.6. The molecule has 0 aliphatic carbocycles. The molecule has 2 atom stereocenters. The van der Waals surface area contributed by atoms with Crippen LogP contribution in [-0.2, 0) is 16.2 Å². The van der Waals surface area contributed by atoms with Crippen LogP contribution in [0.15, 0.2) is 36.2 Å². The van der Waals surface area contributed by atoms with Gasteiger partial charge in [-0.1, -0.05) is 60.8 Å². The van der Waals surface area contributed by atoms with Crippen LogP contribution >= 0.6 is 34.8 Å². The number of halogens is 4. The molecule has 0 aliphatic rings. The first-order chi connectivity index (χ1) is 12.5. The Bertz CT molecular complexity index is 688. The number of nitrogens with one attached hydrogen (secondary N) is 2. The number of alkyl halides is 3. The highest BCUT2D eigenvalue weighted by molar-refractivity contribution is 6.76. The summed E-state index contributed by atoms with van der Waals surface area (Å²) in [5, 5.41) is 14.0. The number of carbonyl (C=O) groups excluding carboxylic acids is 2. The van der Waals surface area contributed by atoms with Gasteiger partial charge in [-0.2, -0.15) is 0 Å². The van der Waals surface area contributed by atoms with Crippen molar-refractivity contribution in [3.63, 3.8) is 0 Å². The zero-order valence-corrected chi connectivity index (χ0v) is 17.4. The van der Waals surface area contributed by atoms with E-state index >= 15 is 0 Å². The largest absolute Gasteiger partial charge is 0.392 e. The van der Waals surface area contributed by atoms with E-state index in [1.807, 2.05) is 0 Å². The van der Waals surface area contributed by atoms with Gasteiger partial charge in [-0.3, -0.25) is 9.59 Å². The predicted molar refractivity (Wildman–Crippen MR) is 106 cm³/mol. The van der Waals surface area contributed by atoms with Crippen LogP contribution in [0.1, 0.15) is 26.3 Å². The average molecular weight is 440 g/mol. The average Bonchev–Trinajstić information content (AvgIpc) is 2.58. The first-order valence-corrected chi connectivity index (χ1v) is 9.34. The Labute approximate surface area is 172 Å². The second-order valence-electron chi connectivity index (χ2n) is 6.38. The lowest BCUT2D eigenvalue weighted by Gasteiger charge is -2.23. The minimum Gasteiger partial charge on any atom is -0.392 e. The molecule has 1 aromatic rings. The fourth-order valence-corrected chi connectivity index (χ4v) is 2.31. The maximum Gasteiger partial charge on any atom is 0.272 e. The smallest absolute Gasteiger partial charge is 0.272 e. The number of rotatable bonds is 7. The summed E-state index contributed by atoms with van der Waals surface area (Å²) in [6.45, 7) is 4.79. The van der Waals surface area contributed by atoms with Crippen LogP contribution in [0, 0.1) is 11.8 Å². The Morgan fingerprint density at radius 3 is 2.19 bits per heavy atom. The van der Waals surface area contributed by atoms with E-state index in [9.17, 15) is 14.0 Å². The molecule has 0 unspecified atom stereocenters. The van der Waals surface area contributed by atoms with Crippen molar-refractivity contribution in [3.05, 3.63) is 41.7 Å². The third-order valence-electron chi connectivity index (χ3n) is 3.73. The van der Waals surface area contributed by atoms with Gasteiger partial charge >= 0.3 is 0 Å². The maximum absolute atomic E-state index is 14.6. The molecule has 9 heteroatoms. The van der Waals surface area contributed by atoms with Gasteiger partial charge in [0.2, 0.25) is 5.91 Å². The first-order valence-electron chi connectivity index (χ1n) is 8.21. The molecule has 1 aromatic carbocycles. The fraction of sp³-hybridized carbons (Fsp3) is 0.444. The lowest BCUT2D eigenvalue weighted by atomic mass is 10.00. The number of hydrogen-bond acceptors (Lipinski definition) is 3. The second kappa shape index (κ2) is 10.3. The molecule has 0 aliphatic heterocycles. The molecule has 0 saturated carbocycles. The molecule has 0 radical (unpaired) electrons. The minimum absolute atomic E-state index is 0.102. The Morgan fingerprint density at radius 1 is 1.19 bits per heavy atom. The molecule has 27 heavy (non-hydrogen) atoms. The number of aliphatic hydroxyl groups excluding tert-OH is 1. The van der Waals surface area contributed by atoms with Crippen LogP contribution in [0.3, 0.4) is 0 Å². The van der Waals surface area contributed by atoms with Crippen molar-refractivity contribution >= 4 is 52.3 Å². The van der Waals surface area contributed by atoms with Gasteiger partial charge in [0.1, 0.15) is 5.83 Å². The van der Waals surface area contributed by atoms with E-state index in [2.05, 4.69) is 10.6 Å². The fourth-order valence-electron chi connectivity index (χ4n) is 2.14. The predicted octanol–water partition coefficient (Wildman–Crippen LogP) is 4.12. The Kier molecular flexibility index (Phi) is 9.02. The van der Waals surface area contributed by atoms with Gasteiger partial charge in [0.15, 0.2) is 0 Å². The van der Waals surface area contributed by atoms with Crippen molar-refractivity contribution in [1.29, 1.82) is 0 Å². The van der Waals surface area contributed by atoms with E-state index in [4.69, 9.17) is 39.9 Å². The second-order valence-corrected chi connectivity index (χ2v) is 8.66. The summed E-state index contributed by atoms with van der Waals surface area (Å²) in [6, 6.07) is 5.56. The summed E-state index contributed by atoms with van der Waals surface area (Å²) in [7, 11) is 0.